The molecule has 12 heavy (non-hydrogen) atoms. The maximum absolute atomic E-state index is 11.5. The fraction of sp³-hybridized carbons (Fsp3) is 0.875. The first-order valence-electron chi connectivity index (χ1n) is 4.22. The molecule has 2 atom stereocenters. The van der Waals surface area contributed by atoms with Crippen LogP contribution in [0.25, 0.3) is 0 Å². The van der Waals surface area contributed by atoms with E-state index in [2.05, 4.69) is 0 Å². The molecule has 4 heteroatoms. The van der Waals surface area contributed by atoms with Crippen molar-refractivity contribution in [3.05, 3.63) is 0 Å². The Morgan fingerprint density at radius 1 is 1.67 bits per heavy atom. The summed E-state index contributed by atoms with van der Waals surface area (Å²) in [6, 6.07) is 0. The third-order valence-corrected chi connectivity index (χ3v) is 4.33. The number of rotatable bonds is 4. The van der Waals surface area contributed by atoms with Crippen molar-refractivity contribution >= 4 is 16.8 Å². The highest BCUT2D eigenvalue weighted by atomic mass is 32.2. The largest absolute Gasteiger partial charge is 0.481 e. The fourth-order valence-corrected chi connectivity index (χ4v) is 3.02. The van der Waals surface area contributed by atoms with E-state index in [1.165, 1.54) is 0 Å². The lowest BCUT2D eigenvalue weighted by Crippen LogP contribution is -2.30. The van der Waals surface area contributed by atoms with Crippen LogP contribution >= 0.6 is 0 Å². The predicted molar refractivity (Wildman–Crippen MR) is 47.5 cm³/mol. The van der Waals surface area contributed by atoms with E-state index in [1.807, 2.05) is 0 Å². The summed E-state index contributed by atoms with van der Waals surface area (Å²) in [5, 5.41) is 8.56. The van der Waals surface area contributed by atoms with Crippen molar-refractivity contribution in [3.63, 3.8) is 0 Å². The molecule has 1 N–H and O–H groups in total. The highest BCUT2D eigenvalue weighted by Gasteiger charge is 2.28. The molecule has 0 aromatic carbocycles. The van der Waals surface area contributed by atoms with Crippen molar-refractivity contribution in [2.75, 3.05) is 0 Å². The molecule has 2 unspecified atom stereocenters. The highest BCUT2D eigenvalue weighted by molar-refractivity contribution is 7.86. The molecule has 1 saturated carbocycles. The monoisotopic (exact) mass is 190 g/mol. The van der Waals surface area contributed by atoms with Crippen LogP contribution in [0.5, 0.6) is 0 Å². The summed E-state index contributed by atoms with van der Waals surface area (Å²) < 4.78 is 11.5. The summed E-state index contributed by atoms with van der Waals surface area (Å²) in [4.78, 5) is 10.3. The molecule has 0 radical (unpaired) electrons. The smallest absolute Gasteiger partial charge is 0.304 e. The Morgan fingerprint density at radius 3 is 2.58 bits per heavy atom. The highest BCUT2D eigenvalue weighted by Crippen LogP contribution is 2.26. The third-order valence-electron chi connectivity index (χ3n) is 2.24. The van der Waals surface area contributed by atoms with Gasteiger partial charge >= 0.3 is 5.97 Å². The van der Waals surface area contributed by atoms with Gasteiger partial charge in [-0.15, -0.1) is 0 Å². The van der Waals surface area contributed by atoms with E-state index >= 15 is 0 Å². The van der Waals surface area contributed by atoms with Gasteiger partial charge in [0.1, 0.15) is 0 Å². The number of aliphatic carboxylic acids is 1. The van der Waals surface area contributed by atoms with Crippen LogP contribution < -0.4 is 0 Å². The maximum Gasteiger partial charge on any atom is 0.304 e. The summed E-state index contributed by atoms with van der Waals surface area (Å²) in [6.07, 6.45) is 3.20. The Kier molecular flexibility index (Phi) is 3.26. The van der Waals surface area contributed by atoms with Crippen LogP contribution in [-0.2, 0) is 15.6 Å². The minimum Gasteiger partial charge on any atom is -0.481 e. The summed E-state index contributed by atoms with van der Waals surface area (Å²) in [5.41, 5.74) is 0. The van der Waals surface area contributed by atoms with Crippen molar-refractivity contribution in [3.8, 4) is 0 Å². The van der Waals surface area contributed by atoms with E-state index in [1.54, 1.807) is 6.92 Å². The van der Waals surface area contributed by atoms with E-state index in [0.717, 1.165) is 19.3 Å². The average molecular weight is 190 g/mol. The Balaban J connectivity index is 2.34. The quantitative estimate of drug-likeness (QED) is 0.723. The zero-order valence-electron chi connectivity index (χ0n) is 7.16. The van der Waals surface area contributed by atoms with Gasteiger partial charge in [-0.1, -0.05) is 13.3 Å². The average Bonchev–Trinajstić information content (AvgIpc) is 1.81. The van der Waals surface area contributed by atoms with Crippen molar-refractivity contribution < 1.29 is 14.1 Å². The first kappa shape index (κ1) is 9.71. The Hall–Kier alpha value is -0.380. The minimum absolute atomic E-state index is 0.0309. The van der Waals surface area contributed by atoms with E-state index < -0.39 is 16.8 Å². The van der Waals surface area contributed by atoms with Gasteiger partial charge in [-0.25, -0.2) is 0 Å². The second-order valence-electron chi connectivity index (χ2n) is 3.29. The molecule has 3 nitrogen and oxygen atoms in total. The van der Waals surface area contributed by atoms with Crippen LogP contribution in [0.4, 0.5) is 0 Å². The third kappa shape index (κ3) is 2.30. The SMILES string of the molecule is CC(CC(=O)O)S(=O)C1CCC1. The topological polar surface area (TPSA) is 54.4 Å². The summed E-state index contributed by atoms with van der Waals surface area (Å²) in [5.74, 6) is -0.852. The summed E-state index contributed by atoms with van der Waals surface area (Å²) in [7, 11) is -0.924. The molecule has 0 bridgehead atoms. The van der Waals surface area contributed by atoms with Gasteiger partial charge in [-0.05, 0) is 12.8 Å². The van der Waals surface area contributed by atoms with Crippen molar-refractivity contribution in [2.24, 2.45) is 0 Å². The van der Waals surface area contributed by atoms with Crippen LogP contribution in [0.1, 0.15) is 32.6 Å². The van der Waals surface area contributed by atoms with Gasteiger partial charge in [0, 0.05) is 21.3 Å². The standard InChI is InChI=1S/C8H14O3S/c1-6(5-8(9)10)12(11)7-3-2-4-7/h6-7H,2-5H2,1H3,(H,9,10). The molecule has 1 fully saturated rings. The number of hydrogen-bond donors (Lipinski definition) is 1. The van der Waals surface area contributed by atoms with Gasteiger partial charge in [-0.3, -0.25) is 9.00 Å². The number of carboxylic acid groups (broad SMARTS) is 1. The lowest BCUT2D eigenvalue weighted by Gasteiger charge is -2.26. The second kappa shape index (κ2) is 4.03. The zero-order chi connectivity index (χ0) is 9.14. The number of hydrogen-bond acceptors (Lipinski definition) is 2. The minimum atomic E-state index is -0.924. The molecule has 0 spiro atoms. The van der Waals surface area contributed by atoms with Gasteiger partial charge in [0.2, 0.25) is 0 Å². The van der Waals surface area contributed by atoms with Crippen molar-refractivity contribution in [1.29, 1.82) is 0 Å². The van der Waals surface area contributed by atoms with Crippen LogP contribution in [0.15, 0.2) is 0 Å². The van der Waals surface area contributed by atoms with Crippen LogP contribution in [0.2, 0.25) is 0 Å². The molecule has 0 heterocycles. The normalized spacial score (nSPS) is 22.8. The van der Waals surface area contributed by atoms with E-state index in [9.17, 15) is 9.00 Å². The van der Waals surface area contributed by atoms with E-state index in [0.29, 0.717) is 0 Å². The fourth-order valence-electron chi connectivity index (χ4n) is 1.26. The molecule has 1 aliphatic carbocycles. The van der Waals surface area contributed by atoms with Gasteiger partial charge in [0.25, 0.3) is 0 Å². The van der Waals surface area contributed by atoms with Crippen LogP contribution in [0.3, 0.4) is 0 Å². The molecule has 0 saturated heterocycles. The second-order valence-corrected chi connectivity index (χ2v) is 5.42. The lowest BCUT2D eigenvalue weighted by atomic mass is 10.00. The molecule has 0 aliphatic heterocycles. The van der Waals surface area contributed by atoms with Crippen LogP contribution in [0, 0.1) is 0 Å². The molecule has 0 aromatic heterocycles. The molecular formula is C8H14O3S. The van der Waals surface area contributed by atoms with Gasteiger partial charge in [-0.2, -0.15) is 0 Å². The van der Waals surface area contributed by atoms with Crippen LogP contribution in [-0.4, -0.2) is 25.8 Å². The lowest BCUT2D eigenvalue weighted by molar-refractivity contribution is -0.136. The zero-order valence-corrected chi connectivity index (χ0v) is 7.97. The van der Waals surface area contributed by atoms with E-state index in [4.69, 9.17) is 5.11 Å². The maximum atomic E-state index is 11.5. The van der Waals surface area contributed by atoms with E-state index in [-0.39, 0.29) is 16.9 Å². The predicted octanol–water partition coefficient (Wildman–Crippen LogP) is 1.15. The van der Waals surface area contributed by atoms with Crippen molar-refractivity contribution in [1.82, 2.24) is 0 Å². The molecular weight excluding hydrogens is 176 g/mol. The van der Waals surface area contributed by atoms with Crippen molar-refractivity contribution in [2.45, 2.75) is 43.1 Å². The molecule has 0 amide bonds. The number of carboxylic acids is 1. The molecule has 0 aromatic rings. The molecule has 1 aliphatic rings. The first-order valence-corrected chi connectivity index (χ1v) is 5.50. The number of carbonyl (C=O) groups is 1. The molecule has 1 rings (SSSR count). The Bertz CT molecular complexity index is 198. The Morgan fingerprint density at radius 2 is 2.25 bits per heavy atom. The first-order chi connectivity index (χ1) is 5.61. The molecule has 70 valence electrons. The van der Waals surface area contributed by atoms with Gasteiger partial charge in [0.15, 0.2) is 0 Å². The Labute approximate surface area is 74.6 Å². The van der Waals surface area contributed by atoms with Gasteiger partial charge in [0.05, 0.1) is 6.42 Å². The van der Waals surface area contributed by atoms with Gasteiger partial charge < -0.3 is 5.11 Å². The summed E-state index contributed by atoms with van der Waals surface area (Å²) in [6.45, 7) is 1.75. The summed E-state index contributed by atoms with van der Waals surface area (Å²) >= 11 is 0.